The van der Waals surface area contributed by atoms with Crippen molar-refractivity contribution in [3.05, 3.63) is 76.9 Å². The fourth-order valence-corrected chi connectivity index (χ4v) is 4.40. The number of allylic oxidation sites excluding steroid dienone is 2. The summed E-state index contributed by atoms with van der Waals surface area (Å²) >= 11 is 0. The molecule has 1 aromatic carbocycles. The number of aromatic nitrogens is 2. The number of amides is 1. The number of imidazole rings is 1. The Labute approximate surface area is 200 Å². The van der Waals surface area contributed by atoms with Crippen LogP contribution in [0.15, 0.2) is 54.3 Å². The lowest BCUT2D eigenvalue weighted by atomic mass is 9.99. The highest BCUT2D eigenvalue weighted by atomic mass is 19.4. The molecule has 2 unspecified atom stereocenters. The SMILES string of the molecule is Cc1nc2n(c1NC(=O)C1=CC=CC(N3CCOCC3)N1)NC(c1ccccc1C(F)(F)F)C=C2. The standard InChI is InChI=1S/C24H25F3N6O2/c1-15-22(30-23(34)19-7-4-8-20(29-19)32-11-13-35-14-12-32)33-21(28-15)10-9-18(31-33)16-5-2-3-6-17(16)24(25,26)27/h2-10,18,20,29,31H,11-14H2,1H3,(H,30,34). The number of rotatable bonds is 4. The van der Waals surface area contributed by atoms with Crippen LogP contribution in [-0.2, 0) is 15.7 Å². The van der Waals surface area contributed by atoms with Gasteiger partial charge in [0.25, 0.3) is 5.91 Å². The number of hydrogen-bond acceptors (Lipinski definition) is 6. The number of nitrogens with zero attached hydrogens (tertiary/aromatic N) is 3. The monoisotopic (exact) mass is 486 g/mol. The Balaban J connectivity index is 1.35. The molecule has 3 N–H and O–H groups in total. The number of anilines is 1. The Hall–Kier alpha value is -3.57. The van der Waals surface area contributed by atoms with E-state index in [0.717, 1.165) is 19.2 Å². The van der Waals surface area contributed by atoms with E-state index in [1.54, 1.807) is 31.2 Å². The Bertz CT molecular complexity index is 1210. The number of hydrogen-bond donors (Lipinski definition) is 3. The molecule has 1 fully saturated rings. The quantitative estimate of drug-likeness (QED) is 0.616. The molecule has 11 heteroatoms. The van der Waals surface area contributed by atoms with Crippen LogP contribution in [0.5, 0.6) is 0 Å². The summed E-state index contributed by atoms with van der Waals surface area (Å²) in [6.45, 7) is 4.51. The van der Waals surface area contributed by atoms with Crippen molar-refractivity contribution in [2.24, 2.45) is 0 Å². The van der Waals surface area contributed by atoms with Crippen LogP contribution >= 0.6 is 0 Å². The van der Waals surface area contributed by atoms with Crippen molar-refractivity contribution in [3.63, 3.8) is 0 Å². The highest BCUT2D eigenvalue weighted by Gasteiger charge is 2.35. The third kappa shape index (κ3) is 4.69. The van der Waals surface area contributed by atoms with E-state index in [1.807, 2.05) is 12.2 Å². The van der Waals surface area contributed by atoms with Crippen LogP contribution in [-0.4, -0.2) is 52.9 Å². The summed E-state index contributed by atoms with van der Waals surface area (Å²) in [6.07, 6.45) is 4.14. The second kappa shape index (κ2) is 9.23. The van der Waals surface area contributed by atoms with Crippen LogP contribution in [0.3, 0.4) is 0 Å². The first-order valence-corrected chi connectivity index (χ1v) is 11.3. The summed E-state index contributed by atoms with van der Waals surface area (Å²) in [6, 6.07) is 4.66. The maximum absolute atomic E-state index is 13.6. The number of dihydropyridines is 1. The number of ether oxygens (including phenoxy) is 1. The first-order chi connectivity index (χ1) is 16.8. The van der Waals surface area contributed by atoms with Crippen molar-refractivity contribution in [1.82, 2.24) is 19.9 Å². The zero-order valence-corrected chi connectivity index (χ0v) is 19.0. The van der Waals surface area contributed by atoms with Crippen molar-refractivity contribution in [2.75, 3.05) is 37.0 Å². The Kier molecular flexibility index (Phi) is 6.12. The number of aryl methyl sites for hydroxylation is 1. The fourth-order valence-electron chi connectivity index (χ4n) is 4.40. The van der Waals surface area contributed by atoms with Gasteiger partial charge in [0, 0.05) is 13.1 Å². The van der Waals surface area contributed by atoms with Crippen molar-refractivity contribution in [1.29, 1.82) is 0 Å². The third-order valence-electron chi connectivity index (χ3n) is 6.16. The maximum Gasteiger partial charge on any atom is 0.416 e. The van der Waals surface area contributed by atoms with Crippen LogP contribution in [0.2, 0.25) is 0 Å². The van der Waals surface area contributed by atoms with Gasteiger partial charge in [0.05, 0.1) is 36.7 Å². The second-order valence-electron chi connectivity index (χ2n) is 8.45. The predicted molar refractivity (Wildman–Crippen MR) is 125 cm³/mol. The average molecular weight is 486 g/mol. The van der Waals surface area contributed by atoms with Crippen molar-refractivity contribution in [2.45, 2.75) is 25.3 Å². The number of alkyl halides is 3. The summed E-state index contributed by atoms with van der Waals surface area (Å²) in [4.78, 5) is 19.7. The molecule has 0 bridgehead atoms. The molecule has 1 aromatic heterocycles. The number of carbonyl (C=O) groups is 1. The molecular formula is C24H25F3N6O2. The van der Waals surface area contributed by atoms with Crippen LogP contribution < -0.4 is 16.1 Å². The number of morpholine rings is 1. The van der Waals surface area contributed by atoms with Crippen molar-refractivity contribution in [3.8, 4) is 0 Å². The van der Waals surface area contributed by atoms with E-state index in [9.17, 15) is 18.0 Å². The summed E-state index contributed by atoms with van der Waals surface area (Å²) in [5.74, 6) is 0.473. The number of benzene rings is 1. The molecule has 0 aliphatic carbocycles. The minimum atomic E-state index is -4.49. The van der Waals surface area contributed by atoms with Crippen LogP contribution in [0, 0.1) is 6.92 Å². The zero-order chi connectivity index (χ0) is 24.6. The summed E-state index contributed by atoms with van der Waals surface area (Å²) in [7, 11) is 0. The van der Waals surface area contributed by atoms with Gasteiger partial charge in [0.2, 0.25) is 0 Å². The molecule has 35 heavy (non-hydrogen) atoms. The second-order valence-corrected chi connectivity index (χ2v) is 8.45. The lowest BCUT2D eigenvalue weighted by Gasteiger charge is -2.35. The minimum Gasteiger partial charge on any atom is -0.379 e. The Morgan fingerprint density at radius 3 is 2.74 bits per heavy atom. The van der Waals surface area contributed by atoms with Gasteiger partial charge in [-0.15, -0.1) is 0 Å². The lowest BCUT2D eigenvalue weighted by molar-refractivity contribution is -0.138. The number of nitrogens with one attached hydrogen (secondary N) is 3. The van der Waals surface area contributed by atoms with Crippen LogP contribution in [0.4, 0.5) is 19.0 Å². The van der Waals surface area contributed by atoms with Gasteiger partial charge in [-0.1, -0.05) is 30.4 Å². The summed E-state index contributed by atoms with van der Waals surface area (Å²) in [5, 5.41) is 6.10. The van der Waals surface area contributed by atoms with E-state index in [-0.39, 0.29) is 17.6 Å². The van der Waals surface area contributed by atoms with Gasteiger partial charge in [0.1, 0.15) is 5.70 Å². The smallest absolute Gasteiger partial charge is 0.379 e. The summed E-state index contributed by atoms with van der Waals surface area (Å²) in [5.41, 5.74) is 3.34. The van der Waals surface area contributed by atoms with Crippen molar-refractivity contribution < 1.29 is 22.7 Å². The van der Waals surface area contributed by atoms with E-state index >= 15 is 0 Å². The largest absolute Gasteiger partial charge is 0.416 e. The normalized spacial score (nSPS) is 22.1. The van der Waals surface area contributed by atoms with Gasteiger partial charge < -0.3 is 20.8 Å². The van der Waals surface area contributed by atoms with E-state index < -0.39 is 17.8 Å². The molecule has 0 saturated carbocycles. The zero-order valence-electron chi connectivity index (χ0n) is 19.0. The van der Waals surface area contributed by atoms with Gasteiger partial charge in [-0.05, 0) is 36.8 Å². The Morgan fingerprint density at radius 1 is 1.20 bits per heavy atom. The van der Waals surface area contributed by atoms with E-state index in [0.29, 0.717) is 36.2 Å². The minimum absolute atomic E-state index is 0.0840. The lowest BCUT2D eigenvalue weighted by Crippen LogP contribution is -2.51. The molecule has 3 aliphatic heterocycles. The molecule has 2 aromatic rings. The van der Waals surface area contributed by atoms with Gasteiger partial charge >= 0.3 is 6.18 Å². The highest BCUT2D eigenvalue weighted by molar-refractivity contribution is 6.03. The van der Waals surface area contributed by atoms with E-state index in [1.165, 1.54) is 16.8 Å². The topological polar surface area (TPSA) is 83.5 Å². The average Bonchev–Trinajstić information content (AvgIpc) is 3.18. The molecule has 1 amide bonds. The van der Waals surface area contributed by atoms with E-state index in [4.69, 9.17) is 4.74 Å². The molecule has 184 valence electrons. The maximum atomic E-state index is 13.6. The fraction of sp³-hybridized carbons (Fsp3) is 0.333. The molecule has 3 aliphatic rings. The van der Waals surface area contributed by atoms with Gasteiger partial charge in [-0.3, -0.25) is 9.69 Å². The van der Waals surface area contributed by atoms with Gasteiger partial charge in [-0.25, -0.2) is 9.66 Å². The first kappa shape index (κ1) is 23.2. The molecule has 2 atom stereocenters. The molecule has 0 spiro atoms. The number of halogens is 3. The van der Waals surface area contributed by atoms with Gasteiger partial charge in [-0.2, -0.15) is 13.2 Å². The highest BCUT2D eigenvalue weighted by Crippen LogP contribution is 2.36. The molecule has 0 radical (unpaired) electrons. The predicted octanol–water partition coefficient (Wildman–Crippen LogP) is 3.16. The Morgan fingerprint density at radius 2 is 1.97 bits per heavy atom. The first-order valence-electron chi connectivity index (χ1n) is 11.3. The summed E-state index contributed by atoms with van der Waals surface area (Å²) < 4.78 is 47.6. The van der Waals surface area contributed by atoms with Gasteiger partial charge in [0.15, 0.2) is 11.6 Å². The molecule has 5 rings (SSSR count). The van der Waals surface area contributed by atoms with Crippen LogP contribution in [0.25, 0.3) is 6.08 Å². The molecule has 1 saturated heterocycles. The molecule has 8 nitrogen and oxygen atoms in total. The molecular weight excluding hydrogens is 461 g/mol. The third-order valence-corrected chi connectivity index (χ3v) is 6.16. The van der Waals surface area contributed by atoms with E-state index in [2.05, 4.69) is 25.9 Å². The van der Waals surface area contributed by atoms with Crippen LogP contribution in [0.1, 0.15) is 28.7 Å². The molecule has 4 heterocycles. The number of fused-ring (bicyclic) bond motifs is 1. The number of carbonyl (C=O) groups excluding carboxylic acids is 1. The van der Waals surface area contributed by atoms with Crippen molar-refractivity contribution >= 4 is 17.8 Å².